The van der Waals surface area contributed by atoms with Gasteiger partial charge < -0.3 is 4.90 Å². The summed E-state index contributed by atoms with van der Waals surface area (Å²) < 4.78 is 0. The van der Waals surface area contributed by atoms with Gasteiger partial charge in [0, 0.05) is 12.7 Å². The van der Waals surface area contributed by atoms with Crippen molar-refractivity contribution in [2.45, 2.75) is 6.42 Å². The second kappa shape index (κ2) is 5.83. The number of nitriles is 1. The zero-order valence-electron chi connectivity index (χ0n) is 10.7. The lowest BCUT2D eigenvalue weighted by molar-refractivity contribution is -0.117. The molecule has 0 aromatic heterocycles. The largest absolute Gasteiger partial charge is 0.315 e. The van der Waals surface area contributed by atoms with Crippen molar-refractivity contribution in [2.75, 3.05) is 11.9 Å². The summed E-state index contributed by atoms with van der Waals surface area (Å²) in [6, 6.07) is 18.7. The molecule has 3 nitrogen and oxygen atoms in total. The Bertz CT molecular complexity index is 597. The molecule has 19 heavy (non-hydrogen) atoms. The number of benzene rings is 2. The summed E-state index contributed by atoms with van der Waals surface area (Å²) in [5.74, 6) is 0.0240. The van der Waals surface area contributed by atoms with Gasteiger partial charge in [0.15, 0.2) is 0 Å². The summed E-state index contributed by atoms with van der Waals surface area (Å²) in [4.78, 5) is 13.7. The first kappa shape index (κ1) is 12.8. The van der Waals surface area contributed by atoms with Crippen LogP contribution in [0.25, 0.3) is 0 Å². The lowest BCUT2D eigenvalue weighted by atomic mass is 10.1. The average Bonchev–Trinajstić information content (AvgIpc) is 2.47. The van der Waals surface area contributed by atoms with Gasteiger partial charge in [0.1, 0.15) is 0 Å². The van der Waals surface area contributed by atoms with Crippen molar-refractivity contribution < 1.29 is 4.79 Å². The third-order valence-corrected chi connectivity index (χ3v) is 2.96. The van der Waals surface area contributed by atoms with E-state index in [0.29, 0.717) is 12.0 Å². The first-order valence-corrected chi connectivity index (χ1v) is 6.01. The molecule has 0 bridgehead atoms. The molecule has 0 aliphatic carbocycles. The minimum Gasteiger partial charge on any atom is -0.315 e. The van der Waals surface area contributed by atoms with E-state index in [1.807, 2.05) is 30.3 Å². The maximum absolute atomic E-state index is 12.1. The number of rotatable bonds is 3. The zero-order chi connectivity index (χ0) is 13.7. The Hall–Kier alpha value is -2.60. The Balaban J connectivity index is 2.08. The Morgan fingerprint density at radius 1 is 1.11 bits per heavy atom. The average molecular weight is 250 g/mol. The van der Waals surface area contributed by atoms with Crippen LogP contribution in [0.15, 0.2) is 54.6 Å². The van der Waals surface area contributed by atoms with E-state index >= 15 is 0 Å². The predicted molar refractivity (Wildman–Crippen MR) is 74.7 cm³/mol. The van der Waals surface area contributed by atoms with Crippen LogP contribution in [-0.4, -0.2) is 13.0 Å². The van der Waals surface area contributed by atoms with Crippen LogP contribution in [0.2, 0.25) is 0 Å². The number of hydrogen-bond donors (Lipinski definition) is 0. The van der Waals surface area contributed by atoms with Gasteiger partial charge in [0.25, 0.3) is 0 Å². The SMILES string of the molecule is CN(C(=O)Cc1ccccc1)c1ccc(C#N)cc1. The quantitative estimate of drug-likeness (QED) is 0.840. The fourth-order valence-electron chi connectivity index (χ4n) is 1.79. The highest BCUT2D eigenvalue weighted by atomic mass is 16.2. The molecule has 0 fully saturated rings. The molecule has 0 aliphatic rings. The minimum absolute atomic E-state index is 0.0240. The van der Waals surface area contributed by atoms with Crippen LogP contribution >= 0.6 is 0 Å². The molecular weight excluding hydrogens is 236 g/mol. The molecule has 3 heteroatoms. The second-order valence-corrected chi connectivity index (χ2v) is 4.27. The Kier molecular flexibility index (Phi) is 3.94. The van der Waals surface area contributed by atoms with Crippen LogP contribution in [0.5, 0.6) is 0 Å². The first-order valence-electron chi connectivity index (χ1n) is 6.01. The van der Waals surface area contributed by atoms with E-state index < -0.39 is 0 Å². The molecule has 0 heterocycles. The number of hydrogen-bond acceptors (Lipinski definition) is 2. The van der Waals surface area contributed by atoms with E-state index in [-0.39, 0.29) is 5.91 Å². The summed E-state index contributed by atoms with van der Waals surface area (Å²) in [5.41, 5.74) is 2.38. The van der Waals surface area contributed by atoms with Crippen molar-refractivity contribution in [3.8, 4) is 6.07 Å². The number of nitrogens with zero attached hydrogens (tertiary/aromatic N) is 2. The smallest absolute Gasteiger partial charge is 0.231 e. The molecule has 0 saturated carbocycles. The normalized spacial score (nSPS) is 9.68. The van der Waals surface area contributed by atoms with Crippen LogP contribution < -0.4 is 4.90 Å². The van der Waals surface area contributed by atoms with Gasteiger partial charge >= 0.3 is 0 Å². The zero-order valence-corrected chi connectivity index (χ0v) is 10.7. The van der Waals surface area contributed by atoms with Crippen molar-refractivity contribution in [2.24, 2.45) is 0 Å². The van der Waals surface area contributed by atoms with E-state index in [0.717, 1.165) is 11.3 Å². The fraction of sp³-hybridized carbons (Fsp3) is 0.125. The molecule has 0 aliphatic heterocycles. The van der Waals surface area contributed by atoms with Gasteiger partial charge in [-0.2, -0.15) is 5.26 Å². The van der Waals surface area contributed by atoms with Crippen LogP contribution in [0.1, 0.15) is 11.1 Å². The van der Waals surface area contributed by atoms with Crippen LogP contribution in [-0.2, 0) is 11.2 Å². The predicted octanol–water partition coefficient (Wildman–Crippen LogP) is 2.76. The summed E-state index contributed by atoms with van der Waals surface area (Å²) in [6.07, 6.45) is 0.372. The Morgan fingerprint density at radius 3 is 2.32 bits per heavy atom. The third kappa shape index (κ3) is 3.20. The molecule has 0 N–H and O–H groups in total. The minimum atomic E-state index is 0.0240. The number of amides is 1. The van der Waals surface area contributed by atoms with E-state index in [2.05, 4.69) is 6.07 Å². The number of carbonyl (C=O) groups is 1. The molecule has 2 rings (SSSR count). The van der Waals surface area contributed by atoms with Crippen LogP contribution in [0.4, 0.5) is 5.69 Å². The maximum atomic E-state index is 12.1. The van der Waals surface area contributed by atoms with E-state index in [1.165, 1.54) is 0 Å². The fourth-order valence-corrected chi connectivity index (χ4v) is 1.79. The lowest BCUT2D eigenvalue weighted by Crippen LogP contribution is -2.27. The van der Waals surface area contributed by atoms with Gasteiger partial charge in [0.2, 0.25) is 5.91 Å². The Morgan fingerprint density at radius 2 is 1.74 bits per heavy atom. The number of anilines is 1. The van der Waals surface area contributed by atoms with Gasteiger partial charge in [-0.3, -0.25) is 4.79 Å². The van der Waals surface area contributed by atoms with Gasteiger partial charge in [-0.15, -0.1) is 0 Å². The molecule has 94 valence electrons. The summed E-state index contributed by atoms with van der Waals surface area (Å²) >= 11 is 0. The lowest BCUT2D eigenvalue weighted by Gasteiger charge is -2.17. The monoisotopic (exact) mass is 250 g/mol. The standard InChI is InChI=1S/C16H14N2O/c1-18(15-9-7-14(12-17)8-10-15)16(19)11-13-5-3-2-4-6-13/h2-10H,11H2,1H3. The highest BCUT2D eigenvalue weighted by molar-refractivity contribution is 5.94. The first-order chi connectivity index (χ1) is 9.20. The summed E-state index contributed by atoms with van der Waals surface area (Å²) in [5, 5.41) is 8.74. The summed E-state index contributed by atoms with van der Waals surface area (Å²) in [6.45, 7) is 0. The molecule has 0 atom stereocenters. The van der Waals surface area contributed by atoms with Crippen molar-refractivity contribution in [1.29, 1.82) is 5.26 Å². The molecule has 0 saturated heterocycles. The van der Waals surface area contributed by atoms with Crippen molar-refractivity contribution in [3.63, 3.8) is 0 Å². The van der Waals surface area contributed by atoms with Crippen LogP contribution in [0.3, 0.4) is 0 Å². The molecule has 1 amide bonds. The molecule has 2 aromatic carbocycles. The van der Waals surface area contributed by atoms with Gasteiger partial charge in [-0.1, -0.05) is 30.3 Å². The highest BCUT2D eigenvalue weighted by Crippen LogP contribution is 2.15. The van der Waals surface area contributed by atoms with E-state index in [1.54, 1.807) is 36.2 Å². The van der Waals surface area contributed by atoms with Gasteiger partial charge in [0.05, 0.1) is 18.1 Å². The summed E-state index contributed by atoms with van der Waals surface area (Å²) in [7, 11) is 1.74. The second-order valence-electron chi connectivity index (χ2n) is 4.27. The van der Waals surface area contributed by atoms with Crippen LogP contribution in [0, 0.1) is 11.3 Å². The van der Waals surface area contributed by atoms with Crippen molar-refractivity contribution in [3.05, 3.63) is 65.7 Å². The molecule has 2 aromatic rings. The highest BCUT2D eigenvalue weighted by Gasteiger charge is 2.11. The molecule has 0 unspecified atom stereocenters. The van der Waals surface area contributed by atoms with E-state index in [9.17, 15) is 4.79 Å². The molecule has 0 radical (unpaired) electrons. The van der Waals surface area contributed by atoms with Crippen molar-refractivity contribution in [1.82, 2.24) is 0 Å². The van der Waals surface area contributed by atoms with Gasteiger partial charge in [-0.25, -0.2) is 0 Å². The Labute approximate surface area is 112 Å². The maximum Gasteiger partial charge on any atom is 0.231 e. The third-order valence-electron chi connectivity index (χ3n) is 2.96. The number of carbonyl (C=O) groups excluding carboxylic acids is 1. The van der Waals surface area contributed by atoms with E-state index in [4.69, 9.17) is 5.26 Å². The molecular formula is C16H14N2O. The van der Waals surface area contributed by atoms with Crippen molar-refractivity contribution >= 4 is 11.6 Å². The topological polar surface area (TPSA) is 44.1 Å². The van der Waals surface area contributed by atoms with Gasteiger partial charge in [-0.05, 0) is 29.8 Å². The molecule has 0 spiro atoms. The number of likely N-dealkylation sites (N-methyl/N-ethyl adjacent to an activating group) is 1.